The molecule has 0 aromatic heterocycles. The minimum atomic E-state index is -0.587. The second kappa shape index (κ2) is 5.11. The number of aromatic hydroxyl groups is 1. The molecule has 0 amide bonds. The minimum absolute atomic E-state index is 0. The third kappa shape index (κ3) is 2.16. The molecule has 0 aliphatic heterocycles. The van der Waals surface area contributed by atoms with Crippen LogP contribution in [0.1, 0.15) is 17.8 Å². The van der Waals surface area contributed by atoms with E-state index < -0.39 is 5.97 Å². The van der Waals surface area contributed by atoms with E-state index in [1.807, 2.05) is 0 Å². The molecule has 1 aromatic carbocycles. The van der Waals surface area contributed by atoms with E-state index in [-0.39, 0.29) is 24.5 Å². The maximum Gasteiger partial charge on any atom is 0.341 e. The first-order chi connectivity index (χ1) is 6.20. The largest absolute Gasteiger partial charge is 0.504 e. The number of benzene rings is 1. The normalized spacial score (nSPS) is 8.71. The van der Waals surface area contributed by atoms with Gasteiger partial charge in [0.2, 0.25) is 0 Å². The van der Waals surface area contributed by atoms with Crippen LogP contribution in [0.4, 0.5) is 0 Å². The van der Waals surface area contributed by atoms with Gasteiger partial charge in [-0.25, -0.2) is 4.79 Å². The number of methoxy groups -OCH3 is 2. The Morgan fingerprint density at radius 3 is 2.50 bits per heavy atom. The fourth-order valence-electron chi connectivity index (χ4n) is 0.962. The number of carbonyl (C=O) groups excluding carboxylic acids is 1. The zero-order chi connectivity index (χ0) is 9.84. The lowest BCUT2D eigenvalue weighted by molar-refractivity contribution is 0.0597. The van der Waals surface area contributed by atoms with Crippen LogP contribution in [0.2, 0.25) is 0 Å². The molecule has 1 aromatic rings. The third-order valence-electron chi connectivity index (χ3n) is 1.62. The molecule has 0 bridgehead atoms. The molecule has 0 aliphatic rings. The predicted molar refractivity (Wildman–Crippen MR) is 52.7 cm³/mol. The highest BCUT2D eigenvalue weighted by molar-refractivity contribution is 5.93. The van der Waals surface area contributed by atoms with Gasteiger partial charge >= 0.3 is 5.97 Å². The van der Waals surface area contributed by atoms with E-state index in [9.17, 15) is 9.90 Å². The molecule has 4 heteroatoms. The summed E-state index contributed by atoms with van der Waals surface area (Å²) in [5.41, 5.74) is 0.0989. The zero-order valence-corrected chi connectivity index (χ0v) is 7.40. The lowest BCUT2D eigenvalue weighted by Gasteiger charge is -2.06. The Bertz CT molecular complexity index is 320. The quantitative estimate of drug-likeness (QED) is 0.736. The van der Waals surface area contributed by atoms with Crippen LogP contribution in [0, 0.1) is 0 Å². The summed E-state index contributed by atoms with van der Waals surface area (Å²) in [7, 11) is 2.66. The molecular weight excluding hydrogens is 184 g/mol. The van der Waals surface area contributed by atoms with E-state index in [0.29, 0.717) is 0 Å². The highest BCUT2D eigenvalue weighted by Gasteiger charge is 2.14. The molecule has 0 unspecified atom stereocenters. The topological polar surface area (TPSA) is 55.8 Å². The lowest BCUT2D eigenvalue weighted by Crippen LogP contribution is -2.01. The highest BCUT2D eigenvalue weighted by atomic mass is 16.5. The molecule has 0 saturated heterocycles. The number of hydrogen-bond donors (Lipinski definition) is 1. The van der Waals surface area contributed by atoms with Crippen LogP contribution < -0.4 is 4.74 Å². The summed E-state index contributed by atoms with van der Waals surface area (Å²) in [6.45, 7) is 0. The number of carbonyl (C=O) groups is 1. The fourth-order valence-corrected chi connectivity index (χ4v) is 0.962. The second-order valence-corrected chi connectivity index (χ2v) is 2.35. The first-order valence-electron chi connectivity index (χ1n) is 3.65. The number of ether oxygens (including phenoxy) is 2. The standard InChI is InChI=1S/C9H10O4.CH4/c1-12-7-5-3-4-6(8(7)10)9(11)13-2;/h3-5,10H,1-2H3;1H4. The number of phenols is 1. The van der Waals surface area contributed by atoms with Gasteiger partial charge in [0.05, 0.1) is 14.2 Å². The third-order valence-corrected chi connectivity index (χ3v) is 1.62. The van der Waals surface area contributed by atoms with Gasteiger partial charge in [0, 0.05) is 0 Å². The SMILES string of the molecule is C.COC(=O)c1cccc(OC)c1O. The summed E-state index contributed by atoms with van der Waals surface area (Å²) in [4.78, 5) is 11.1. The molecule has 0 saturated carbocycles. The molecule has 14 heavy (non-hydrogen) atoms. The van der Waals surface area contributed by atoms with Crippen LogP contribution in [0.5, 0.6) is 11.5 Å². The van der Waals surface area contributed by atoms with Gasteiger partial charge in [-0.05, 0) is 12.1 Å². The van der Waals surface area contributed by atoms with Crippen LogP contribution in [-0.4, -0.2) is 25.3 Å². The number of rotatable bonds is 2. The van der Waals surface area contributed by atoms with Crippen molar-refractivity contribution in [2.45, 2.75) is 7.43 Å². The van der Waals surface area contributed by atoms with Crippen molar-refractivity contribution >= 4 is 5.97 Å². The van der Waals surface area contributed by atoms with Crippen molar-refractivity contribution in [2.24, 2.45) is 0 Å². The van der Waals surface area contributed by atoms with Crippen molar-refractivity contribution in [2.75, 3.05) is 14.2 Å². The Hall–Kier alpha value is -1.71. The first-order valence-corrected chi connectivity index (χ1v) is 3.65. The molecule has 0 heterocycles. The molecule has 0 fully saturated rings. The van der Waals surface area contributed by atoms with Gasteiger partial charge in [0.15, 0.2) is 11.5 Å². The fraction of sp³-hybridized carbons (Fsp3) is 0.300. The molecule has 4 nitrogen and oxygen atoms in total. The summed E-state index contributed by atoms with van der Waals surface area (Å²) in [6.07, 6.45) is 0. The molecule has 1 N–H and O–H groups in total. The lowest BCUT2D eigenvalue weighted by atomic mass is 10.2. The van der Waals surface area contributed by atoms with Crippen molar-refractivity contribution in [3.8, 4) is 11.5 Å². The maximum atomic E-state index is 11.1. The Labute approximate surface area is 83.1 Å². The van der Waals surface area contributed by atoms with E-state index in [1.54, 1.807) is 12.1 Å². The van der Waals surface area contributed by atoms with Crippen molar-refractivity contribution in [1.82, 2.24) is 0 Å². The van der Waals surface area contributed by atoms with Gasteiger partial charge in [0.1, 0.15) is 5.56 Å². The molecule has 0 spiro atoms. The van der Waals surface area contributed by atoms with Gasteiger partial charge in [-0.3, -0.25) is 0 Å². The highest BCUT2D eigenvalue weighted by Crippen LogP contribution is 2.29. The van der Waals surface area contributed by atoms with Crippen LogP contribution in [0.25, 0.3) is 0 Å². The van der Waals surface area contributed by atoms with Crippen LogP contribution in [0.3, 0.4) is 0 Å². The Morgan fingerprint density at radius 1 is 1.36 bits per heavy atom. The number of hydrogen-bond acceptors (Lipinski definition) is 4. The van der Waals surface area contributed by atoms with Crippen LogP contribution in [0.15, 0.2) is 18.2 Å². The number of phenolic OH excluding ortho intramolecular Hbond substituents is 1. The molecule has 1 rings (SSSR count). The van der Waals surface area contributed by atoms with E-state index in [1.165, 1.54) is 20.3 Å². The van der Waals surface area contributed by atoms with Gasteiger partial charge < -0.3 is 14.6 Å². The Kier molecular flexibility index (Phi) is 4.49. The molecule has 0 aliphatic carbocycles. The summed E-state index contributed by atoms with van der Waals surface area (Å²) in [5, 5.41) is 9.46. The summed E-state index contributed by atoms with van der Waals surface area (Å²) >= 11 is 0. The van der Waals surface area contributed by atoms with Crippen LogP contribution in [-0.2, 0) is 4.74 Å². The smallest absolute Gasteiger partial charge is 0.341 e. The van der Waals surface area contributed by atoms with Crippen molar-refractivity contribution < 1.29 is 19.4 Å². The van der Waals surface area contributed by atoms with Crippen molar-refractivity contribution in [3.63, 3.8) is 0 Å². The molecular formula is C10H14O4. The Balaban J connectivity index is 0.00000169. The summed E-state index contributed by atoms with van der Waals surface area (Å²) in [5.74, 6) is -0.531. The monoisotopic (exact) mass is 198 g/mol. The molecule has 0 radical (unpaired) electrons. The summed E-state index contributed by atoms with van der Waals surface area (Å²) in [6, 6.07) is 4.62. The average Bonchev–Trinajstić information content (AvgIpc) is 2.17. The average molecular weight is 198 g/mol. The minimum Gasteiger partial charge on any atom is -0.504 e. The van der Waals surface area contributed by atoms with Crippen molar-refractivity contribution in [3.05, 3.63) is 23.8 Å². The number of esters is 1. The first kappa shape index (κ1) is 12.3. The van der Waals surface area contributed by atoms with Gasteiger partial charge in [-0.15, -0.1) is 0 Å². The van der Waals surface area contributed by atoms with Gasteiger partial charge in [-0.2, -0.15) is 0 Å². The molecule has 78 valence electrons. The van der Waals surface area contributed by atoms with Crippen molar-refractivity contribution in [1.29, 1.82) is 0 Å². The van der Waals surface area contributed by atoms with E-state index in [2.05, 4.69) is 4.74 Å². The molecule has 0 atom stereocenters. The Morgan fingerprint density at radius 2 is 2.00 bits per heavy atom. The van der Waals surface area contributed by atoms with Gasteiger partial charge in [-0.1, -0.05) is 13.5 Å². The predicted octanol–water partition coefficient (Wildman–Crippen LogP) is 1.82. The summed E-state index contributed by atoms with van der Waals surface area (Å²) < 4.78 is 9.28. The maximum absolute atomic E-state index is 11.1. The van der Waals surface area contributed by atoms with Crippen LogP contribution >= 0.6 is 0 Å². The van der Waals surface area contributed by atoms with E-state index in [4.69, 9.17) is 4.74 Å². The second-order valence-electron chi connectivity index (χ2n) is 2.35. The number of para-hydroxylation sites is 1. The van der Waals surface area contributed by atoms with Gasteiger partial charge in [0.25, 0.3) is 0 Å². The van der Waals surface area contributed by atoms with E-state index in [0.717, 1.165) is 0 Å². The zero-order valence-electron chi connectivity index (χ0n) is 7.40. The van der Waals surface area contributed by atoms with E-state index >= 15 is 0 Å².